The second kappa shape index (κ2) is 6.68. The fourth-order valence-corrected chi connectivity index (χ4v) is 1.35. The van der Waals surface area contributed by atoms with Crippen LogP contribution in [0.25, 0.3) is 0 Å². The molecule has 11 N–H and O–H groups in total. The number of anilines is 3. The summed E-state index contributed by atoms with van der Waals surface area (Å²) in [5, 5.41) is 14.6. The molecule has 10 heteroatoms. The number of nitrogens with two attached hydrogens (primary N) is 4. The van der Waals surface area contributed by atoms with Crippen molar-refractivity contribution in [3.63, 3.8) is 0 Å². The van der Waals surface area contributed by atoms with Gasteiger partial charge in [0, 0.05) is 6.92 Å². The van der Waals surface area contributed by atoms with Crippen LogP contribution in [0.5, 0.6) is 0 Å². The van der Waals surface area contributed by atoms with Crippen LogP contribution in [0.1, 0.15) is 6.92 Å². The highest BCUT2D eigenvalue weighted by molar-refractivity contribution is 6.06. The number of hydrazone groups is 2. The molecule has 1 aromatic carbocycles. The van der Waals surface area contributed by atoms with E-state index >= 15 is 0 Å². The Balaban J connectivity index is 3.22. The van der Waals surface area contributed by atoms with Crippen molar-refractivity contribution in [2.24, 2.45) is 33.4 Å². The molecule has 0 bridgehead atoms. The molecule has 0 aromatic heterocycles. The molecular formula is C10H16N9O. The van der Waals surface area contributed by atoms with Crippen LogP contribution in [-0.2, 0) is 4.79 Å². The Bertz CT molecular complexity index is 513. The first-order valence-electron chi connectivity index (χ1n) is 5.40. The highest BCUT2D eigenvalue weighted by atomic mass is 16.1. The van der Waals surface area contributed by atoms with Crippen LogP contribution in [0.3, 0.4) is 0 Å². The Morgan fingerprint density at radius 3 is 1.85 bits per heavy atom. The Morgan fingerprint density at radius 1 is 1.05 bits per heavy atom. The monoisotopic (exact) mass is 278 g/mol. The van der Waals surface area contributed by atoms with E-state index in [4.69, 9.17) is 23.2 Å². The lowest BCUT2D eigenvalue weighted by molar-refractivity contribution is -0.114. The molecule has 0 aliphatic carbocycles. The third kappa shape index (κ3) is 3.94. The highest BCUT2D eigenvalue weighted by Crippen LogP contribution is 2.30. The van der Waals surface area contributed by atoms with E-state index in [-0.39, 0.29) is 17.8 Å². The fourth-order valence-electron chi connectivity index (χ4n) is 1.35. The first-order chi connectivity index (χ1) is 9.47. The van der Waals surface area contributed by atoms with Crippen LogP contribution in [0.4, 0.5) is 17.1 Å². The van der Waals surface area contributed by atoms with Gasteiger partial charge in [0.05, 0.1) is 17.1 Å². The van der Waals surface area contributed by atoms with Crippen LogP contribution >= 0.6 is 0 Å². The normalized spacial score (nSPS) is 11.8. The molecule has 0 heterocycles. The van der Waals surface area contributed by atoms with Crippen LogP contribution in [0.15, 0.2) is 22.3 Å². The quantitative estimate of drug-likeness (QED) is 0.154. The van der Waals surface area contributed by atoms with Gasteiger partial charge in [-0.3, -0.25) is 4.79 Å². The van der Waals surface area contributed by atoms with Gasteiger partial charge >= 0.3 is 0 Å². The van der Waals surface area contributed by atoms with Gasteiger partial charge in [-0.2, -0.15) is 0 Å². The number of rotatable bonds is 3. The van der Waals surface area contributed by atoms with Crippen molar-refractivity contribution >= 4 is 34.9 Å². The van der Waals surface area contributed by atoms with Crippen LogP contribution < -0.4 is 39.1 Å². The minimum Gasteiger partial charge on any atom is -0.368 e. The maximum absolute atomic E-state index is 11.3. The highest BCUT2D eigenvalue weighted by Gasteiger charge is 2.11. The SMILES string of the molecule is CC(=O)Nc1c(NC(N)=NN)c[c]cc1NC(N)=NN. The van der Waals surface area contributed by atoms with Crippen molar-refractivity contribution in [2.45, 2.75) is 6.92 Å². The zero-order valence-corrected chi connectivity index (χ0v) is 10.8. The number of amides is 1. The van der Waals surface area contributed by atoms with Crippen molar-refractivity contribution < 1.29 is 4.79 Å². The number of carbonyl (C=O) groups is 1. The molecule has 0 unspecified atom stereocenters. The maximum atomic E-state index is 11.3. The molecule has 20 heavy (non-hydrogen) atoms. The van der Waals surface area contributed by atoms with Gasteiger partial charge in [-0.05, 0) is 18.2 Å². The average Bonchev–Trinajstić information content (AvgIpc) is 2.41. The molecule has 0 aliphatic rings. The Labute approximate surface area is 115 Å². The number of benzene rings is 1. The van der Waals surface area contributed by atoms with E-state index in [1.807, 2.05) is 0 Å². The molecule has 0 atom stereocenters. The lowest BCUT2D eigenvalue weighted by atomic mass is 10.2. The van der Waals surface area contributed by atoms with Crippen LogP contribution in [0.2, 0.25) is 0 Å². The third-order valence-corrected chi connectivity index (χ3v) is 2.10. The van der Waals surface area contributed by atoms with Crippen molar-refractivity contribution in [2.75, 3.05) is 16.0 Å². The number of hydrogen-bond donors (Lipinski definition) is 7. The Kier molecular flexibility index (Phi) is 4.97. The smallest absolute Gasteiger partial charge is 0.221 e. The lowest BCUT2D eigenvalue weighted by Gasteiger charge is -2.16. The molecule has 0 saturated heterocycles. The van der Waals surface area contributed by atoms with Gasteiger partial charge in [0.1, 0.15) is 0 Å². The van der Waals surface area contributed by atoms with E-state index in [0.29, 0.717) is 17.1 Å². The average molecular weight is 278 g/mol. The zero-order chi connectivity index (χ0) is 15.1. The van der Waals surface area contributed by atoms with E-state index in [2.05, 4.69) is 32.2 Å². The molecular weight excluding hydrogens is 262 g/mol. The van der Waals surface area contributed by atoms with Gasteiger partial charge in [-0.25, -0.2) is 0 Å². The predicted molar refractivity (Wildman–Crippen MR) is 78.4 cm³/mol. The summed E-state index contributed by atoms with van der Waals surface area (Å²) >= 11 is 0. The summed E-state index contributed by atoms with van der Waals surface area (Å²) in [5.74, 6) is 9.71. The summed E-state index contributed by atoms with van der Waals surface area (Å²) in [7, 11) is 0. The largest absolute Gasteiger partial charge is 0.368 e. The van der Waals surface area contributed by atoms with E-state index < -0.39 is 0 Å². The molecule has 1 rings (SSSR count). The number of hydrogen-bond acceptors (Lipinski definition) is 5. The van der Waals surface area contributed by atoms with Crippen LogP contribution in [-0.4, -0.2) is 17.8 Å². The first-order valence-corrected chi connectivity index (χ1v) is 5.40. The zero-order valence-electron chi connectivity index (χ0n) is 10.8. The van der Waals surface area contributed by atoms with Crippen molar-refractivity contribution in [1.82, 2.24) is 0 Å². The lowest BCUT2D eigenvalue weighted by Crippen LogP contribution is -2.27. The molecule has 0 fully saturated rings. The van der Waals surface area contributed by atoms with E-state index in [0.717, 1.165) is 0 Å². The van der Waals surface area contributed by atoms with E-state index in [1.165, 1.54) is 6.92 Å². The minimum atomic E-state index is -0.297. The summed E-state index contributed by atoms with van der Waals surface area (Å²) in [6.45, 7) is 1.35. The van der Waals surface area contributed by atoms with Crippen molar-refractivity contribution in [3.05, 3.63) is 18.2 Å². The predicted octanol–water partition coefficient (Wildman–Crippen LogP) is -1.35. The summed E-state index contributed by atoms with van der Waals surface area (Å²) in [5.41, 5.74) is 12.2. The number of guanidine groups is 2. The topological polar surface area (TPSA) is 182 Å². The van der Waals surface area contributed by atoms with Gasteiger partial charge in [0.2, 0.25) is 17.8 Å². The molecule has 1 aromatic rings. The fraction of sp³-hybridized carbons (Fsp3) is 0.100. The van der Waals surface area contributed by atoms with Gasteiger partial charge in [-0.15, -0.1) is 10.2 Å². The summed E-state index contributed by atoms with van der Waals surface area (Å²) in [4.78, 5) is 11.3. The minimum absolute atomic E-state index is 0.0392. The Hall–Kier alpha value is -3.17. The molecule has 107 valence electrons. The molecule has 10 nitrogen and oxygen atoms in total. The number of nitrogens with zero attached hydrogens (tertiary/aromatic N) is 2. The maximum Gasteiger partial charge on any atom is 0.221 e. The second-order valence-electron chi connectivity index (χ2n) is 3.62. The van der Waals surface area contributed by atoms with Crippen molar-refractivity contribution in [1.29, 1.82) is 0 Å². The van der Waals surface area contributed by atoms with Crippen molar-refractivity contribution in [3.8, 4) is 0 Å². The molecule has 0 saturated carbocycles. The van der Waals surface area contributed by atoms with Crippen LogP contribution in [0, 0.1) is 6.07 Å². The number of carbonyl (C=O) groups excluding carboxylic acids is 1. The third-order valence-electron chi connectivity index (χ3n) is 2.10. The Morgan fingerprint density at radius 2 is 1.50 bits per heavy atom. The molecule has 0 spiro atoms. The molecule has 1 amide bonds. The molecule has 1 radical (unpaired) electrons. The summed E-state index contributed by atoms with van der Waals surface area (Å²) in [6.07, 6.45) is 0. The number of nitrogens with one attached hydrogen (secondary N) is 3. The van der Waals surface area contributed by atoms with Gasteiger partial charge < -0.3 is 39.1 Å². The molecule has 0 aliphatic heterocycles. The standard InChI is InChI=1S/C10H16N9O/c1-5(20)15-8-6(16-9(11)18-13)3-2-4-7(8)17-10(12)19-14/h3-4H,13-14H2,1H3,(H,15,20)(H3,11,16,18)(H3,12,17,19). The first kappa shape index (κ1) is 14.9. The second-order valence-corrected chi connectivity index (χ2v) is 3.62. The summed E-state index contributed by atoms with van der Waals surface area (Å²) < 4.78 is 0. The van der Waals surface area contributed by atoms with Gasteiger partial charge in [0.25, 0.3) is 0 Å². The van der Waals surface area contributed by atoms with E-state index in [1.54, 1.807) is 12.1 Å². The van der Waals surface area contributed by atoms with Gasteiger partial charge in [0.15, 0.2) is 0 Å². The van der Waals surface area contributed by atoms with Gasteiger partial charge in [-0.1, -0.05) is 0 Å². The van der Waals surface area contributed by atoms with E-state index in [9.17, 15) is 4.79 Å². The summed E-state index contributed by atoms with van der Waals surface area (Å²) in [6, 6.07) is 5.91.